The zero-order valence-corrected chi connectivity index (χ0v) is 16.1. The molecule has 3 rings (SSSR count). The van der Waals surface area contributed by atoms with Gasteiger partial charge in [-0.2, -0.15) is 0 Å². The van der Waals surface area contributed by atoms with Gasteiger partial charge in [-0.25, -0.2) is 4.98 Å². The van der Waals surface area contributed by atoms with Crippen LogP contribution in [0.1, 0.15) is 55.3 Å². The number of carbonyl (C=O) groups excluding carboxylic acids is 1. The smallest absolute Gasteiger partial charge is 0.272 e. The zero-order valence-electron chi connectivity index (χ0n) is 16.1. The summed E-state index contributed by atoms with van der Waals surface area (Å²) in [6, 6.07) is 6.12. The molecule has 0 spiro atoms. The van der Waals surface area contributed by atoms with Gasteiger partial charge in [0.2, 0.25) is 0 Å². The number of hydrogen-bond acceptors (Lipinski definition) is 4. The topological polar surface area (TPSA) is 58.9 Å². The van der Waals surface area contributed by atoms with E-state index in [4.69, 9.17) is 4.74 Å². The van der Waals surface area contributed by atoms with Gasteiger partial charge >= 0.3 is 0 Å². The first-order valence-electron chi connectivity index (χ1n) is 9.59. The van der Waals surface area contributed by atoms with Gasteiger partial charge in [0.25, 0.3) is 5.91 Å². The van der Waals surface area contributed by atoms with E-state index in [2.05, 4.69) is 29.0 Å². The molecular weight excluding hydrogens is 328 g/mol. The lowest BCUT2D eigenvalue weighted by Crippen LogP contribution is -2.45. The summed E-state index contributed by atoms with van der Waals surface area (Å²) in [7, 11) is 1.74. The van der Waals surface area contributed by atoms with E-state index in [-0.39, 0.29) is 17.9 Å². The van der Waals surface area contributed by atoms with Crippen molar-refractivity contribution >= 4 is 11.4 Å². The van der Waals surface area contributed by atoms with Gasteiger partial charge in [0.15, 0.2) is 5.69 Å². The molecule has 1 aliphatic heterocycles. The number of methoxy groups -OCH3 is 1. The molecule has 6 nitrogen and oxygen atoms in total. The van der Waals surface area contributed by atoms with E-state index >= 15 is 0 Å². The van der Waals surface area contributed by atoms with Crippen LogP contribution in [0.15, 0.2) is 24.4 Å². The number of likely N-dealkylation sites (tertiary alicyclic amines) is 1. The molecule has 26 heavy (non-hydrogen) atoms. The fraction of sp³-hybridized carbons (Fsp3) is 0.600. The highest BCUT2D eigenvalue weighted by Crippen LogP contribution is 2.20. The molecule has 0 aliphatic carbocycles. The molecule has 1 saturated heterocycles. The molecule has 1 fully saturated rings. The molecule has 142 valence electrons. The number of imidazole rings is 1. The highest BCUT2D eigenvalue weighted by atomic mass is 16.5. The maximum atomic E-state index is 12.8. The summed E-state index contributed by atoms with van der Waals surface area (Å²) >= 11 is 0. The maximum absolute atomic E-state index is 12.8. The summed E-state index contributed by atoms with van der Waals surface area (Å²) in [6.07, 6.45) is 5.02. The first kappa shape index (κ1) is 18.9. The number of pyridine rings is 1. The lowest BCUT2D eigenvalue weighted by molar-refractivity contribution is 0.0904. The van der Waals surface area contributed by atoms with Crippen LogP contribution in [-0.2, 0) is 4.74 Å². The predicted octanol–water partition coefficient (Wildman–Crippen LogP) is 2.69. The van der Waals surface area contributed by atoms with Gasteiger partial charge in [-0.1, -0.05) is 19.9 Å². The number of ether oxygens (including phenoxy) is 1. The number of nitrogens with zero attached hydrogens (tertiary/aromatic N) is 3. The molecule has 0 saturated carbocycles. The lowest BCUT2D eigenvalue weighted by atomic mass is 10.0. The third-order valence-electron chi connectivity index (χ3n) is 5.05. The Morgan fingerprint density at radius 2 is 2.12 bits per heavy atom. The van der Waals surface area contributed by atoms with Crippen LogP contribution >= 0.6 is 0 Å². The first-order valence-corrected chi connectivity index (χ1v) is 9.59. The molecule has 2 aromatic rings. The minimum atomic E-state index is -0.0570. The monoisotopic (exact) mass is 358 g/mol. The SMILES string of the molecule is COCCCN1CCC(NC(=O)c2nc(C(C)C)n3ccccc23)CC1. The van der Waals surface area contributed by atoms with E-state index in [1.807, 2.05) is 28.8 Å². The van der Waals surface area contributed by atoms with E-state index in [0.29, 0.717) is 5.69 Å². The summed E-state index contributed by atoms with van der Waals surface area (Å²) in [5, 5.41) is 3.20. The average molecular weight is 358 g/mol. The molecular formula is C20H30N4O2. The largest absolute Gasteiger partial charge is 0.385 e. The number of piperidine rings is 1. The van der Waals surface area contributed by atoms with Crippen LogP contribution in [0.2, 0.25) is 0 Å². The molecule has 0 aromatic carbocycles. The number of nitrogens with one attached hydrogen (secondary N) is 1. The average Bonchev–Trinajstić information content (AvgIpc) is 3.03. The molecule has 2 aromatic heterocycles. The van der Waals surface area contributed by atoms with Gasteiger partial charge in [0, 0.05) is 51.5 Å². The van der Waals surface area contributed by atoms with Crippen molar-refractivity contribution in [3.8, 4) is 0 Å². The summed E-state index contributed by atoms with van der Waals surface area (Å²) in [6.45, 7) is 8.12. The molecule has 1 aliphatic rings. The molecule has 0 bridgehead atoms. The number of rotatable bonds is 7. The lowest BCUT2D eigenvalue weighted by Gasteiger charge is -2.32. The summed E-state index contributed by atoms with van der Waals surface area (Å²) in [4.78, 5) is 19.9. The van der Waals surface area contributed by atoms with Gasteiger partial charge in [0.1, 0.15) is 5.82 Å². The van der Waals surface area contributed by atoms with E-state index in [9.17, 15) is 4.79 Å². The van der Waals surface area contributed by atoms with Crippen LogP contribution in [0.25, 0.3) is 5.52 Å². The maximum Gasteiger partial charge on any atom is 0.272 e. The van der Waals surface area contributed by atoms with Gasteiger partial charge in [-0.15, -0.1) is 0 Å². The van der Waals surface area contributed by atoms with E-state index in [0.717, 1.165) is 56.8 Å². The van der Waals surface area contributed by atoms with Crippen LogP contribution in [0.4, 0.5) is 0 Å². The minimum absolute atomic E-state index is 0.0570. The Morgan fingerprint density at radius 3 is 2.81 bits per heavy atom. The Bertz CT molecular complexity index is 732. The normalized spacial score (nSPS) is 16.5. The molecule has 0 atom stereocenters. The van der Waals surface area contributed by atoms with Crippen molar-refractivity contribution in [3.63, 3.8) is 0 Å². The second-order valence-corrected chi connectivity index (χ2v) is 7.36. The third-order valence-corrected chi connectivity index (χ3v) is 5.05. The van der Waals surface area contributed by atoms with Gasteiger partial charge in [-0.3, -0.25) is 4.79 Å². The Morgan fingerprint density at radius 1 is 1.35 bits per heavy atom. The van der Waals surface area contributed by atoms with E-state index in [1.54, 1.807) is 7.11 Å². The Balaban J connectivity index is 1.62. The van der Waals surface area contributed by atoms with E-state index < -0.39 is 0 Å². The summed E-state index contributed by atoms with van der Waals surface area (Å²) in [5.74, 6) is 1.14. The Labute approximate surface area is 155 Å². The van der Waals surface area contributed by atoms with Crippen molar-refractivity contribution in [1.82, 2.24) is 19.6 Å². The highest BCUT2D eigenvalue weighted by Gasteiger charge is 2.24. The molecule has 0 unspecified atom stereocenters. The highest BCUT2D eigenvalue weighted by molar-refractivity contribution is 5.99. The standard InChI is InChI=1S/C20H30N4O2/c1-15(2)19-22-18(17-7-4-5-11-24(17)19)20(25)21-16-8-12-23(13-9-16)10-6-14-26-3/h4-5,7,11,15-16H,6,8-10,12-14H2,1-3H3,(H,21,25). The van der Waals surface area contributed by atoms with Crippen molar-refractivity contribution < 1.29 is 9.53 Å². The number of carbonyl (C=O) groups is 1. The van der Waals surface area contributed by atoms with Gasteiger partial charge in [-0.05, 0) is 31.4 Å². The van der Waals surface area contributed by atoms with E-state index in [1.165, 1.54) is 0 Å². The number of hydrogen-bond donors (Lipinski definition) is 1. The van der Waals surface area contributed by atoms with Crippen LogP contribution in [0.3, 0.4) is 0 Å². The van der Waals surface area contributed by atoms with Gasteiger partial charge < -0.3 is 19.4 Å². The third kappa shape index (κ3) is 4.24. The van der Waals surface area contributed by atoms with Crippen LogP contribution in [0, 0.1) is 0 Å². The predicted molar refractivity (Wildman–Crippen MR) is 103 cm³/mol. The minimum Gasteiger partial charge on any atom is -0.385 e. The molecule has 1 amide bonds. The Kier molecular flexibility index (Phi) is 6.27. The number of amides is 1. The van der Waals surface area contributed by atoms with Gasteiger partial charge in [0.05, 0.1) is 5.52 Å². The fourth-order valence-corrected chi connectivity index (χ4v) is 3.62. The number of fused-ring (bicyclic) bond motifs is 1. The molecule has 3 heterocycles. The first-order chi connectivity index (χ1) is 12.6. The second kappa shape index (κ2) is 8.64. The van der Waals surface area contributed by atoms with Crippen LogP contribution in [-0.4, -0.2) is 59.6 Å². The Hall–Kier alpha value is -1.92. The molecule has 0 radical (unpaired) electrons. The van der Waals surface area contributed by atoms with Crippen LogP contribution < -0.4 is 5.32 Å². The molecule has 1 N–H and O–H groups in total. The summed E-state index contributed by atoms with van der Waals surface area (Å²) in [5.41, 5.74) is 1.42. The van der Waals surface area contributed by atoms with Crippen molar-refractivity contribution in [2.75, 3.05) is 33.4 Å². The van der Waals surface area contributed by atoms with Crippen molar-refractivity contribution in [2.24, 2.45) is 0 Å². The van der Waals surface area contributed by atoms with Crippen LogP contribution in [0.5, 0.6) is 0 Å². The number of aromatic nitrogens is 2. The summed E-state index contributed by atoms with van der Waals surface area (Å²) < 4.78 is 7.14. The zero-order chi connectivity index (χ0) is 18.5. The van der Waals surface area contributed by atoms with Crippen molar-refractivity contribution in [3.05, 3.63) is 35.9 Å². The van der Waals surface area contributed by atoms with Crippen molar-refractivity contribution in [1.29, 1.82) is 0 Å². The quantitative estimate of drug-likeness (QED) is 0.773. The molecule has 6 heteroatoms. The fourth-order valence-electron chi connectivity index (χ4n) is 3.62. The van der Waals surface area contributed by atoms with Crippen molar-refractivity contribution in [2.45, 2.75) is 45.1 Å². The second-order valence-electron chi connectivity index (χ2n) is 7.36.